The number of benzene rings is 1. The zero-order valence-corrected chi connectivity index (χ0v) is 10.4. The maximum absolute atomic E-state index is 5.70. The second kappa shape index (κ2) is 4.34. The predicted molar refractivity (Wildman–Crippen MR) is 78.0 cm³/mol. The third kappa shape index (κ3) is 1.92. The monoisotopic (exact) mass is 235 g/mol. The van der Waals surface area contributed by atoms with E-state index in [0.717, 1.165) is 18.5 Å². The number of hydrogen-bond donors (Lipinski definition) is 1. The molecule has 0 radical (unpaired) electrons. The van der Waals surface area contributed by atoms with Crippen LogP contribution in [-0.2, 0) is 0 Å². The largest absolute Gasteiger partial charge is 0.399 e. The quantitative estimate of drug-likeness (QED) is 0.723. The Morgan fingerprint density at radius 2 is 1.78 bits per heavy atom. The van der Waals surface area contributed by atoms with E-state index < -0.39 is 0 Å². The third-order valence-corrected chi connectivity index (χ3v) is 3.62. The molecule has 1 aromatic rings. The molecule has 0 bridgehead atoms. The Bertz CT molecular complexity index is 583. The van der Waals surface area contributed by atoms with Gasteiger partial charge in [-0.3, -0.25) is 0 Å². The standard InChI is InChI=1S/C17H17N/c1-12-15(10-13-6-8-16(18)9-7-13)11-14-4-2-3-5-17(12)14/h4-10H,1-3,11,18H2/b15-10+. The van der Waals surface area contributed by atoms with Gasteiger partial charge in [0.25, 0.3) is 0 Å². The molecule has 2 N–H and O–H groups in total. The molecule has 1 aromatic carbocycles. The second-order valence-corrected chi connectivity index (χ2v) is 4.92. The number of nitrogens with two attached hydrogens (primary N) is 1. The summed E-state index contributed by atoms with van der Waals surface area (Å²) in [6.45, 7) is 4.23. The molecule has 0 unspecified atom stereocenters. The van der Waals surface area contributed by atoms with Crippen molar-refractivity contribution >= 4 is 11.8 Å². The van der Waals surface area contributed by atoms with Crippen molar-refractivity contribution in [3.05, 3.63) is 70.9 Å². The molecule has 1 fully saturated rings. The average molecular weight is 235 g/mol. The van der Waals surface area contributed by atoms with Crippen LogP contribution < -0.4 is 5.73 Å². The van der Waals surface area contributed by atoms with E-state index >= 15 is 0 Å². The van der Waals surface area contributed by atoms with Gasteiger partial charge >= 0.3 is 0 Å². The van der Waals surface area contributed by atoms with Gasteiger partial charge in [0.15, 0.2) is 0 Å². The van der Waals surface area contributed by atoms with Crippen LogP contribution in [0, 0.1) is 0 Å². The van der Waals surface area contributed by atoms with E-state index in [-0.39, 0.29) is 0 Å². The van der Waals surface area contributed by atoms with Gasteiger partial charge in [-0.05, 0) is 59.3 Å². The zero-order valence-electron chi connectivity index (χ0n) is 10.4. The number of rotatable bonds is 1. The van der Waals surface area contributed by atoms with Gasteiger partial charge in [0, 0.05) is 5.69 Å². The Morgan fingerprint density at radius 3 is 2.50 bits per heavy atom. The van der Waals surface area contributed by atoms with Crippen LogP contribution >= 0.6 is 0 Å². The summed E-state index contributed by atoms with van der Waals surface area (Å²) in [5.41, 5.74) is 13.0. The average Bonchev–Trinajstić information content (AvgIpc) is 2.70. The van der Waals surface area contributed by atoms with Gasteiger partial charge in [-0.25, -0.2) is 0 Å². The Hall–Kier alpha value is -2.02. The summed E-state index contributed by atoms with van der Waals surface area (Å²) in [7, 11) is 0. The van der Waals surface area contributed by atoms with Gasteiger partial charge in [-0.2, -0.15) is 0 Å². The minimum Gasteiger partial charge on any atom is -0.399 e. The number of allylic oxidation sites excluding steroid dienone is 6. The lowest BCUT2D eigenvalue weighted by Crippen LogP contribution is -1.87. The number of nitrogen functional groups attached to an aromatic ring is 1. The van der Waals surface area contributed by atoms with Crippen molar-refractivity contribution in [3.63, 3.8) is 0 Å². The highest BCUT2D eigenvalue weighted by atomic mass is 14.5. The third-order valence-electron chi connectivity index (χ3n) is 3.62. The van der Waals surface area contributed by atoms with E-state index in [9.17, 15) is 0 Å². The maximum Gasteiger partial charge on any atom is 0.0314 e. The van der Waals surface area contributed by atoms with Crippen LogP contribution in [0.15, 0.2) is 65.3 Å². The van der Waals surface area contributed by atoms with Crippen LogP contribution in [0.25, 0.3) is 6.08 Å². The highest BCUT2D eigenvalue weighted by Crippen LogP contribution is 2.42. The molecule has 0 heterocycles. The van der Waals surface area contributed by atoms with Gasteiger partial charge in [0.2, 0.25) is 0 Å². The molecule has 0 spiro atoms. The number of hydrogen-bond acceptors (Lipinski definition) is 1. The van der Waals surface area contributed by atoms with Crippen molar-refractivity contribution in [2.75, 3.05) is 5.73 Å². The molecular formula is C17H17N. The molecule has 0 saturated heterocycles. The normalized spacial score (nSPS) is 20.7. The first-order valence-electron chi connectivity index (χ1n) is 6.39. The Balaban J connectivity index is 1.94. The smallest absolute Gasteiger partial charge is 0.0314 e. The zero-order chi connectivity index (χ0) is 12.5. The summed E-state index contributed by atoms with van der Waals surface area (Å²) in [6, 6.07) is 7.99. The highest BCUT2D eigenvalue weighted by molar-refractivity contribution is 5.72. The van der Waals surface area contributed by atoms with E-state index in [1.54, 1.807) is 0 Å². The van der Waals surface area contributed by atoms with Gasteiger partial charge in [0.05, 0.1) is 0 Å². The summed E-state index contributed by atoms with van der Waals surface area (Å²) in [4.78, 5) is 0. The fraction of sp³-hybridized carbons (Fsp3) is 0.176. The van der Waals surface area contributed by atoms with Crippen molar-refractivity contribution in [3.8, 4) is 0 Å². The fourth-order valence-electron chi connectivity index (χ4n) is 2.63. The highest BCUT2D eigenvalue weighted by Gasteiger charge is 2.23. The van der Waals surface area contributed by atoms with Crippen molar-refractivity contribution in [1.29, 1.82) is 0 Å². The van der Waals surface area contributed by atoms with Gasteiger partial charge in [-0.1, -0.05) is 36.9 Å². The predicted octanol–water partition coefficient (Wildman–Crippen LogP) is 4.26. The number of fused-ring (bicyclic) bond motifs is 1. The summed E-state index contributed by atoms with van der Waals surface area (Å²) >= 11 is 0. The molecule has 1 nitrogen and oxygen atoms in total. The Labute approximate surface area is 108 Å². The second-order valence-electron chi connectivity index (χ2n) is 4.92. The van der Waals surface area contributed by atoms with E-state index in [1.807, 2.05) is 12.1 Å². The molecular weight excluding hydrogens is 218 g/mol. The Morgan fingerprint density at radius 1 is 1.06 bits per heavy atom. The van der Waals surface area contributed by atoms with E-state index in [0.29, 0.717) is 0 Å². The molecule has 2 aliphatic rings. The summed E-state index contributed by atoms with van der Waals surface area (Å²) in [6.07, 6.45) is 10.2. The molecule has 18 heavy (non-hydrogen) atoms. The topological polar surface area (TPSA) is 26.0 Å². The first-order chi connectivity index (χ1) is 8.74. The van der Waals surface area contributed by atoms with E-state index in [2.05, 4.69) is 36.9 Å². The molecule has 0 aromatic heterocycles. The molecule has 0 amide bonds. The lowest BCUT2D eigenvalue weighted by Gasteiger charge is -2.06. The van der Waals surface area contributed by atoms with Crippen LogP contribution in [0.1, 0.15) is 24.8 Å². The summed E-state index contributed by atoms with van der Waals surface area (Å²) in [5.74, 6) is 0. The fourth-order valence-corrected chi connectivity index (χ4v) is 2.63. The SMILES string of the molecule is C=C1C2=CCCC=C2C/C1=C\c1ccc(N)cc1. The minimum atomic E-state index is 0.807. The van der Waals surface area contributed by atoms with Crippen LogP contribution in [0.3, 0.4) is 0 Å². The first-order valence-corrected chi connectivity index (χ1v) is 6.39. The maximum atomic E-state index is 5.70. The lowest BCUT2D eigenvalue weighted by atomic mass is 9.99. The summed E-state index contributed by atoms with van der Waals surface area (Å²) in [5, 5.41) is 0. The molecule has 0 atom stereocenters. The minimum absolute atomic E-state index is 0.807. The summed E-state index contributed by atoms with van der Waals surface area (Å²) < 4.78 is 0. The van der Waals surface area contributed by atoms with Crippen molar-refractivity contribution in [2.45, 2.75) is 19.3 Å². The Kier molecular flexibility index (Phi) is 2.67. The molecule has 1 saturated carbocycles. The van der Waals surface area contributed by atoms with Crippen LogP contribution in [0.5, 0.6) is 0 Å². The van der Waals surface area contributed by atoms with Crippen LogP contribution in [0.4, 0.5) is 5.69 Å². The van der Waals surface area contributed by atoms with Crippen molar-refractivity contribution in [2.24, 2.45) is 0 Å². The molecule has 1 heteroatoms. The molecule has 90 valence electrons. The molecule has 2 aliphatic carbocycles. The first kappa shape index (κ1) is 11.1. The van der Waals surface area contributed by atoms with Crippen molar-refractivity contribution < 1.29 is 0 Å². The van der Waals surface area contributed by atoms with Gasteiger partial charge in [0.1, 0.15) is 0 Å². The molecule has 3 rings (SSSR count). The van der Waals surface area contributed by atoms with Crippen LogP contribution in [0.2, 0.25) is 0 Å². The van der Waals surface area contributed by atoms with Crippen LogP contribution in [-0.4, -0.2) is 0 Å². The van der Waals surface area contributed by atoms with Gasteiger partial charge < -0.3 is 5.73 Å². The van der Waals surface area contributed by atoms with E-state index in [1.165, 1.54) is 34.3 Å². The van der Waals surface area contributed by atoms with E-state index in [4.69, 9.17) is 5.73 Å². The lowest BCUT2D eigenvalue weighted by molar-refractivity contribution is 0.998. The number of anilines is 1. The van der Waals surface area contributed by atoms with Crippen molar-refractivity contribution in [1.82, 2.24) is 0 Å². The van der Waals surface area contributed by atoms with Gasteiger partial charge in [-0.15, -0.1) is 0 Å². The molecule has 0 aliphatic heterocycles.